The van der Waals surface area contributed by atoms with E-state index in [-0.39, 0.29) is 12.2 Å². The normalized spacial score (nSPS) is 10.3. The summed E-state index contributed by atoms with van der Waals surface area (Å²) in [5.74, 6) is -1.56. The molecule has 3 rings (SSSR count). The predicted octanol–water partition coefficient (Wildman–Crippen LogP) is 5.17. The molecular weight excluding hydrogens is 396 g/mol. The number of carbonyl (C=O) groups is 2. The monoisotopic (exact) mass is 410 g/mol. The Morgan fingerprint density at radius 3 is 2.23 bits per heavy atom. The number of hydrogen-bond donors (Lipinski definition) is 1. The molecule has 4 nitrogen and oxygen atoms in total. The summed E-state index contributed by atoms with van der Waals surface area (Å²) < 4.78 is 6.13. The van der Waals surface area contributed by atoms with Gasteiger partial charge in [0.15, 0.2) is 0 Å². The van der Waals surface area contributed by atoms with Crippen molar-refractivity contribution >= 4 is 27.9 Å². The van der Waals surface area contributed by atoms with Crippen LogP contribution in [0.5, 0.6) is 0 Å². The SMILES string of the molecule is O=C(O)c1ccccc1-c1ccc(Br)cc1C(=O)OCc1ccccc1. The lowest BCUT2D eigenvalue weighted by Gasteiger charge is -2.12. The highest BCUT2D eigenvalue weighted by Crippen LogP contribution is 2.30. The van der Waals surface area contributed by atoms with E-state index in [1.54, 1.807) is 36.4 Å². The molecule has 0 saturated carbocycles. The van der Waals surface area contributed by atoms with E-state index in [1.165, 1.54) is 6.07 Å². The van der Waals surface area contributed by atoms with Gasteiger partial charge >= 0.3 is 11.9 Å². The molecule has 130 valence electrons. The number of carbonyl (C=O) groups excluding carboxylic acids is 1. The summed E-state index contributed by atoms with van der Waals surface area (Å²) in [7, 11) is 0. The zero-order chi connectivity index (χ0) is 18.5. The second-order valence-electron chi connectivity index (χ2n) is 5.60. The number of carboxylic acid groups (broad SMARTS) is 1. The van der Waals surface area contributed by atoms with Gasteiger partial charge in [0, 0.05) is 4.47 Å². The summed E-state index contributed by atoms with van der Waals surface area (Å²) in [5, 5.41) is 9.44. The molecule has 5 heteroatoms. The van der Waals surface area contributed by atoms with Gasteiger partial charge in [0.2, 0.25) is 0 Å². The first-order valence-electron chi connectivity index (χ1n) is 7.89. The first kappa shape index (κ1) is 17.9. The number of hydrogen-bond acceptors (Lipinski definition) is 3. The minimum atomic E-state index is -1.05. The van der Waals surface area contributed by atoms with Crippen LogP contribution in [-0.2, 0) is 11.3 Å². The number of halogens is 1. The van der Waals surface area contributed by atoms with Gasteiger partial charge in [-0.15, -0.1) is 0 Å². The van der Waals surface area contributed by atoms with Crippen LogP contribution in [0.15, 0.2) is 77.3 Å². The van der Waals surface area contributed by atoms with Gasteiger partial charge in [-0.25, -0.2) is 9.59 Å². The maximum absolute atomic E-state index is 12.7. The molecule has 0 radical (unpaired) electrons. The van der Waals surface area contributed by atoms with Crippen LogP contribution in [0.25, 0.3) is 11.1 Å². The maximum Gasteiger partial charge on any atom is 0.339 e. The Labute approximate surface area is 159 Å². The van der Waals surface area contributed by atoms with Gasteiger partial charge in [0.25, 0.3) is 0 Å². The van der Waals surface area contributed by atoms with Gasteiger partial charge in [-0.2, -0.15) is 0 Å². The Hall–Kier alpha value is -2.92. The third kappa shape index (κ3) is 4.00. The first-order chi connectivity index (χ1) is 12.6. The van der Waals surface area contributed by atoms with E-state index in [1.807, 2.05) is 30.3 Å². The Balaban J connectivity index is 1.96. The van der Waals surface area contributed by atoms with Crippen LogP contribution in [0.4, 0.5) is 0 Å². The van der Waals surface area contributed by atoms with Crippen molar-refractivity contribution in [1.29, 1.82) is 0 Å². The number of carboxylic acids is 1. The van der Waals surface area contributed by atoms with Gasteiger partial charge in [-0.3, -0.25) is 0 Å². The highest BCUT2D eigenvalue weighted by molar-refractivity contribution is 9.10. The molecular formula is C21H15BrO4. The molecule has 0 aliphatic carbocycles. The number of aromatic carboxylic acids is 1. The fourth-order valence-electron chi connectivity index (χ4n) is 2.63. The van der Waals surface area contributed by atoms with Crippen LogP contribution in [0.1, 0.15) is 26.3 Å². The summed E-state index contributed by atoms with van der Waals surface area (Å²) in [6, 6.07) is 21.1. The summed E-state index contributed by atoms with van der Waals surface area (Å²) >= 11 is 3.36. The molecule has 0 fully saturated rings. The molecule has 1 N–H and O–H groups in total. The molecule has 0 saturated heterocycles. The van der Waals surface area contributed by atoms with Crippen LogP contribution in [-0.4, -0.2) is 17.0 Å². The number of benzene rings is 3. The summed E-state index contributed by atoms with van der Waals surface area (Å²) in [4.78, 5) is 24.2. The van der Waals surface area contributed by atoms with Crippen molar-refractivity contribution in [1.82, 2.24) is 0 Å². The topological polar surface area (TPSA) is 63.6 Å². The molecule has 26 heavy (non-hydrogen) atoms. The number of esters is 1. The zero-order valence-electron chi connectivity index (χ0n) is 13.7. The van der Waals surface area contributed by atoms with E-state index in [0.29, 0.717) is 21.2 Å². The van der Waals surface area contributed by atoms with Crippen LogP contribution in [0.3, 0.4) is 0 Å². The lowest BCUT2D eigenvalue weighted by molar-refractivity contribution is 0.0473. The van der Waals surface area contributed by atoms with Gasteiger partial charge < -0.3 is 9.84 Å². The number of rotatable bonds is 5. The fourth-order valence-corrected chi connectivity index (χ4v) is 2.99. The highest BCUT2D eigenvalue weighted by atomic mass is 79.9. The lowest BCUT2D eigenvalue weighted by atomic mass is 9.95. The van der Waals surface area contributed by atoms with Crippen LogP contribution in [0, 0.1) is 0 Å². The highest BCUT2D eigenvalue weighted by Gasteiger charge is 2.19. The molecule has 0 bridgehead atoms. The third-order valence-corrected chi connectivity index (χ3v) is 4.36. The van der Waals surface area contributed by atoms with Crippen molar-refractivity contribution in [3.05, 3.63) is 94.0 Å². The van der Waals surface area contributed by atoms with Crippen LogP contribution < -0.4 is 0 Å². The molecule has 0 spiro atoms. The van der Waals surface area contributed by atoms with E-state index in [0.717, 1.165) is 5.56 Å². The fraction of sp³-hybridized carbons (Fsp3) is 0.0476. The van der Waals surface area contributed by atoms with Gasteiger partial charge in [0.05, 0.1) is 11.1 Å². The van der Waals surface area contributed by atoms with E-state index in [4.69, 9.17) is 4.74 Å². The zero-order valence-corrected chi connectivity index (χ0v) is 15.3. The quantitative estimate of drug-likeness (QED) is 0.589. The van der Waals surface area contributed by atoms with Crippen molar-refractivity contribution in [2.45, 2.75) is 6.61 Å². The largest absolute Gasteiger partial charge is 0.478 e. The van der Waals surface area contributed by atoms with E-state index in [2.05, 4.69) is 15.9 Å². The van der Waals surface area contributed by atoms with E-state index >= 15 is 0 Å². The lowest BCUT2D eigenvalue weighted by Crippen LogP contribution is -2.08. The predicted molar refractivity (Wildman–Crippen MR) is 102 cm³/mol. The smallest absolute Gasteiger partial charge is 0.339 e. The Bertz CT molecular complexity index is 951. The molecule has 0 amide bonds. The summed E-state index contributed by atoms with van der Waals surface area (Å²) in [6.07, 6.45) is 0. The van der Waals surface area contributed by atoms with Crippen molar-refractivity contribution < 1.29 is 19.4 Å². The molecule has 3 aromatic rings. The van der Waals surface area contributed by atoms with Gasteiger partial charge in [0.1, 0.15) is 6.61 Å². The van der Waals surface area contributed by atoms with E-state index in [9.17, 15) is 14.7 Å². The maximum atomic E-state index is 12.7. The summed E-state index contributed by atoms with van der Waals surface area (Å²) in [5.41, 5.74) is 2.31. The standard InChI is InChI=1S/C21H15BrO4/c22-15-10-11-17(16-8-4-5-9-18(16)20(23)24)19(12-15)21(25)26-13-14-6-2-1-3-7-14/h1-12H,13H2,(H,23,24). The van der Waals surface area contributed by atoms with Crippen molar-refractivity contribution in [2.24, 2.45) is 0 Å². The second-order valence-corrected chi connectivity index (χ2v) is 6.52. The number of ether oxygens (including phenoxy) is 1. The molecule has 0 atom stereocenters. The molecule has 0 aliphatic rings. The molecule has 0 aliphatic heterocycles. The van der Waals surface area contributed by atoms with Crippen molar-refractivity contribution in [3.63, 3.8) is 0 Å². The average molecular weight is 411 g/mol. The molecule has 3 aromatic carbocycles. The average Bonchev–Trinajstić information content (AvgIpc) is 2.67. The third-order valence-electron chi connectivity index (χ3n) is 3.86. The first-order valence-corrected chi connectivity index (χ1v) is 8.69. The minimum Gasteiger partial charge on any atom is -0.478 e. The van der Waals surface area contributed by atoms with Crippen LogP contribution >= 0.6 is 15.9 Å². The molecule has 0 aromatic heterocycles. The van der Waals surface area contributed by atoms with Crippen molar-refractivity contribution in [2.75, 3.05) is 0 Å². The molecule has 0 heterocycles. The molecule has 0 unspecified atom stereocenters. The van der Waals surface area contributed by atoms with Crippen molar-refractivity contribution in [3.8, 4) is 11.1 Å². The van der Waals surface area contributed by atoms with Crippen LogP contribution in [0.2, 0.25) is 0 Å². The second kappa shape index (κ2) is 7.97. The Morgan fingerprint density at radius 1 is 0.846 bits per heavy atom. The minimum absolute atomic E-state index is 0.131. The Morgan fingerprint density at radius 2 is 1.50 bits per heavy atom. The summed E-state index contributed by atoms with van der Waals surface area (Å²) in [6.45, 7) is 0.145. The van der Waals surface area contributed by atoms with Gasteiger partial charge in [-0.1, -0.05) is 70.5 Å². The Kier molecular flexibility index (Phi) is 5.49. The van der Waals surface area contributed by atoms with Gasteiger partial charge in [-0.05, 0) is 34.9 Å². The van der Waals surface area contributed by atoms with E-state index < -0.39 is 11.9 Å².